The van der Waals surface area contributed by atoms with Gasteiger partial charge in [-0.05, 0) is 38.1 Å². The van der Waals surface area contributed by atoms with Gasteiger partial charge in [-0.2, -0.15) is 0 Å². The van der Waals surface area contributed by atoms with Gasteiger partial charge in [-0.3, -0.25) is 9.69 Å². The summed E-state index contributed by atoms with van der Waals surface area (Å²) in [4.78, 5) is 16.6. The van der Waals surface area contributed by atoms with Crippen LogP contribution in [0.15, 0.2) is 42.5 Å². The van der Waals surface area contributed by atoms with Gasteiger partial charge in [0.15, 0.2) is 0 Å². The van der Waals surface area contributed by atoms with Gasteiger partial charge >= 0.3 is 0 Å². The first kappa shape index (κ1) is 18.3. The number of hydrogen-bond acceptors (Lipinski definition) is 3. The molecule has 138 valence electrons. The zero-order chi connectivity index (χ0) is 18.7. The van der Waals surface area contributed by atoms with E-state index in [2.05, 4.69) is 48.3 Å². The average Bonchev–Trinajstić information content (AvgIpc) is 2.59. The highest BCUT2D eigenvalue weighted by molar-refractivity contribution is 5.92. The Labute approximate surface area is 152 Å². The van der Waals surface area contributed by atoms with E-state index in [0.29, 0.717) is 0 Å². The minimum Gasteiger partial charge on any atom is -0.366 e. The predicted octanol–water partition coefficient (Wildman–Crippen LogP) is 3.42. The van der Waals surface area contributed by atoms with Crippen molar-refractivity contribution in [2.24, 2.45) is 0 Å². The van der Waals surface area contributed by atoms with Crippen LogP contribution in [0.25, 0.3) is 0 Å². The summed E-state index contributed by atoms with van der Waals surface area (Å²) in [6.45, 7) is 6.69. The number of nitrogens with one attached hydrogen (secondary N) is 1. The van der Waals surface area contributed by atoms with Crippen molar-refractivity contribution in [1.82, 2.24) is 4.90 Å². The van der Waals surface area contributed by atoms with Gasteiger partial charge in [-0.15, -0.1) is 0 Å². The Balaban J connectivity index is 1.55. The number of nitrogens with zero attached hydrogens (tertiary/aromatic N) is 2. The van der Waals surface area contributed by atoms with Crippen molar-refractivity contribution in [3.8, 4) is 0 Å². The molecule has 1 amide bonds. The summed E-state index contributed by atoms with van der Waals surface area (Å²) in [6.07, 6.45) is 0. The second-order valence-corrected chi connectivity index (χ2v) is 6.79. The first-order chi connectivity index (χ1) is 12.4. The highest BCUT2D eigenvalue weighted by atomic mass is 19.1. The van der Waals surface area contributed by atoms with Crippen LogP contribution in [0.5, 0.6) is 0 Å². The second kappa shape index (κ2) is 7.83. The van der Waals surface area contributed by atoms with Crippen molar-refractivity contribution in [3.63, 3.8) is 0 Å². The van der Waals surface area contributed by atoms with E-state index in [4.69, 9.17) is 0 Å². The van der Waals surface area contributed by atoms with Crippen molar-refractivity contribution in [2.45, 2.75) is 19.9 Å². The van der Waals surface area contributed by atoms with E-state index in [-0.39, 0.29) is 24.2 Å². The highest BCUT2D eigenvalue weighted by Gasteiger charge is 2.25. The number of halogens is 2. The number of carbonyl (C=O) groups is 1. The fourth-order valence-corrected chi connectivity index (χ4v) is 3.28. The van der Waals surface area contributed by atoms with Gasteiger partial charge in [0, 0.05) is 37.4 Å². The van der Waals surface area contributed by atoms with Crippen LogP contribution in [-0.4, -0.2) is 43.0 Å². The van der Waals surface area contributed by atoms with Gasteiger partial charge in [0.25, 0.3) is 0 Å². The first-order valence-corrected chi connectivity index (χ1v) is 8.73. The van der Waals surface area contributed by atoms with Crippen LogP contribution in [0.4, 0.5) is 20.2 Å². The number of benzene rings is 2. The number of aryl methyl sites for hydroxylation is 1. The molecule has 1 saturated heterocycles. The van der Waals surface area contributed by atoms with E-state index in [0.717, 1.165) is 31.8 Å². The van der Waals surface area contributed by atoms with Gasteiger partial charge in [0.05, 0.1) is 12.2 Å². The van der Waals surface area contributed by atoms with Crippen LogP contribution in [0.1, 0.15) is 12.5 Å². The number of rotatable bonds is 4. The largest absolute Gasteiger partial charge is 0.366 e. The summed E-state index contributed by atoms with van der Waals surface area (Å²) in [7, 11) is 0. The monoisotopic (exact) mass is 359 g/mol. The van der Waals surface area contributed by atoms with E-state index in [1.807, 2.05) is 4.90 Å². The molecule has 0 unspecified atom stereocenters. The quantitative estimate of drug-likeness (QED) is 0.909. The predicted molar refractivity (Wildman–Crippen MR) is 99.4 cm³/mol. The molecule has 1 heterocycles. The molecule has 0 saturated carbocycles. The lowest BCUT2D eigenvalue weighted by atomic mass is 10.1. The smallest absolute Gasteiger partial charge is 0.238 e. The molecular weight excluding hydrogens is 336 g/mol. The van der Waals surface area contributed by atoms with Gasteiger partial charge in [0.2, 0.25) is 5.91 Å². The average molecular weight is 359 g/mol. The summed E-state index contributed by atoms with van der Waals surface area (Å²) in [5.41, 5.74) is 2.41. The van der Waals surface area contributed by atoms with Gasteiger partial charge < -0.3 is 10.2 Å². The lowest BCUT2D eigenvalue weighted by Crippen LogP contribution is -2.53. The molecule has 4 nitrogen and oxygen atoms in total. The van der Waals surface area contributed by atoms with Gasteiger partial charge in [-0.1, -0.05) is 17.7 Å². The van der Waals surface area contributed by atoms with Crippen molar-refractivity contribution >= 4 is 17.3 Å². The van der Waals surface area contributed by atoms with Gasteiger partial charge in [-0.25, -0.2) is 8.78 Å². The maximum atomic E-state index is 13.6. The molecule has 1 aliphatic heterocycles. The van der Waals surface area contributed by atoms with Crippen LogP contribution >= 0.6 is 0 Å². The van der Waals surface area contributed by atoms with Crippen LogP contribution < -0.4 is 10.2 Å². The Morgan fingerprint density at radius 1 is 1.15 bits per heavy atom. The number of amides is 1. The number of piperazine rings is 1. The fraction of sp³-hybridized carbons (Fsp3) is 0.350. The third kappa shape index (κ3) is 4.38. The summed E-state index contributed by atoms with van der Waals surface area (Å²) in [5, 5.41) is 2.51. The number of carbonyl (C=O) groups excluding carboxylic acids is 1. The van der Waals surface area contributed by atoms with Crippen LogP contribution in [-0.2, 0) is 4.79 Å². The zero-order valence-corrected chi connectivity index (χ0v) is 15.0. The first-order valence-electron chi connectivity index (χ1n) is 8.73. The van der Waals surface area contributed by atoms with E-state index in [1.54, 1.807) is 0 Å². The lowest BCUT2D eigenvalue weighted by molar-refractivity contribution is -0.117. The van der Waals surface area contributed by atoms with Crippen molar-refractivity contribution < 1.29 is 13.6 Å². The molecule has 1 fully saturated rings. The lowest BCUT2D eigenvalue weighted by Gasteiger charge is -2.41. The molecule has 0 radical (unpaired) electrons. The third-order valence-corrected chi connectivity index (χ3v) is 4.65. The molecule has 0 aliphatic carbocycles. The Morgan fingerprint density at radius 3 is 2.54 bits per heavy atom. The molecule has 2 aromatic carbocycles. The third-order valence-electron chi connectivity index (χ3n) is 4.65. The molecule has 0 spiro atoms. The van der Waals surface area contributed by atoms with Crippen molar-refractivity contribution in [2.75, 3.05) is 36.4 Å². The summed E-state index contributed by atoms with van der Waals surface area (Å²) in [5.74, 6) is -1.73. The normalized spacial score (nSPS) is 18.0. The molecule has 0 bridgehead atoms. The molecule has 1 aliphatic rings. The molecule has 1 atom stereocenters. The van der Waals surface area contributed by atoms with E-state index >= 15 is 0 Å². The topological polar surface area (TPSA) is 35.6 Å². The van der Waals surface area contributed by atoms with Gasteiger partial charge in [0.1, 0.15) is 11.6 Å². The van der Waals surface area contributed by atoms with E-state index in [1.165, 1.54) is 17.3 Å². The summed E-state index contributed by atoms with van der Waals surface area (Å²) >= 11 is 0. The standard InChI is InChI=1S/C20H23F2N3O/c1-14-3-6-17(7-4-14)25-10-9-24(12-15(25)2)13-20(26)23-19-8-5-16(21)11-18(19)22/h3-8,11,15H,9-10,12-13H2,1-2H3,(H,23,26)/t15-/m1/s1. The van der Waals surface area contributed by atoms with Crippen LogP contribution in [0.3, 0.4) is 0 Å². The minimum atomic E-state index is -0.768. The fourth-order valence-electron chi connectivity index (χ4n) is 3.28. The van der Waals surface area contributed by atoms with Crippen molar-refractivity contribution in [1.29, 1.82) is 0 Å². The SMILES string of the molecule is Cc1ccc(N2CCN(CC(=O)Nc3ccc(F)cc3F)C[C@H]2C)cc1. The molecule has 0 aromatic heterocycles. The molecule has 1 N–H and O–H groups in total. The van der Waals surface area contributed by atoms with E-state index in [9.17, 15) is 13.6 Å². The summed E-state index contributed by atoms with van der Waals surface area (Å²) in [6, 6.07) is 11.8. The Kier molecular flexibility index (Phi) is 5.52. The molecule has 3 rings (SSSR count). The highest BCUT2D eigenvalue weighted by Crippen LogP contribution is 2.21. The maximum absolute atomic E-state index is 13.6. The number of anilines is 2. The maximum Gasteiger partial charge on any atom is 0.238 e. The molecule has 6 heteroatoms. The zero-order valence-electron chi connectivity index (χ0n) is 15.0. The molecule has 26 heavy (non-hydrogen) atoms. The van der Waals surface area contributed by atoms with Crippen LogP contribution in [0, 0.1) is 18.6 Å². The van der Waals surface area contributed by atoms with Crippen molar-refractivity contribution in [3.05, 3.63) is 59.7 Å². The second-order valence-electron chi connectivity index (χ2n) is 6.79. The molecule has 2 aromatic rings. The summed E-state index contributed by atoms with van der Waals surface area (Å²) < 4.78 is 26.6. The van der Waals surface area contributed by atoms with E-state index < -0.39 is 11.6 Å². The Hall–Kier alpha value is -2.47. The Bertz CT molecular complexity index is 779. The molecular formula is C20H23F2N3O. The minimum absolute atomic E-state index is 0.00254. The van der Waals surface area contributed by atoms with Crippen LogP contribution in [0.2, 0.25) is 0 Å². The Morgan fingerprint density at radius 2 is 1.88 bits per heavy atom. The number of hydrogen-bond donors (Lipinski definition) is 1.